The van der Waals surface area contributed by atoms with Gasteiger partial charge in [0.25, 0.3) is 11.8 Å². The molecule has 2 aromatic carbocycles. The molecule has 28 heavy (non-hydrogen) atoms. The number of benzene rings is 2. The molecule has 1 aliphatic rings. The van der Waals surface area contributed by atoms with Crippen LogP contribution in [0.3, 0.4) is 0 Å². The zero-order valence-electron chi connectivity index (χ0n) is 15.0. The molecule has 1 atom stereocenters. The Morgan fingerprint density at radius 2 is 2.00 bits per heavy atom. The Kier molecular flexibility index (Phi) is 5.55. The van der Waals surface area contributed by atoms with Crippen molar-refractivity contribution in [1.82, 2.24) is 20.4 Å². The van der Waals surface area contributed by atoms with E-state index in [4.69, 9.17) is 20.9 Å². The van der Waals surface area contributed by atoms with Gasteiger partial charge in [-0.15, -0.1) is 0 Å². The third-order valence-corrected chi connectivity index (χ3v) is 4.75. The smallest absolute Gasteiger partial charge is 0.261 e. The van der Waals surface area contributed by atoms with Gasteiger partial charge in [-0.25, -0.2) is 0 Å². The largest absolute Gasteiger partial charge is 0.484 e. The first kappa shape index (κ1) is 18.5. The highest BCUT2D eigenvalue weighted by molar-refractivity contribution is 6.30. The van der Waals surface area contributed by atoms with Crippen molar-refractivity contribution in [2.75, 3.05) is 26.2 Å². The van der Waals surface area contributed by atoms with Gasteiger partial charge in [0.15, 0.2) is 6.61 Å². The number of piperazine rings is 1. The molecule has 7 nitrogen and oxygen atoms in total. The number of nitrogens with zero attached hydrogens (tertiary/aromatic N) is 3. The normalized spacial score (nSPS) is 16.8. The van der Waals surface area contributed by atoms with Crippen LogP contribution in [0.2, 0.25) is 5.02 Å². The fourth-order valence-electron chi connectivity index (χ4n) is 3.05. The van der Waals surface area contributed by atoms with Crippen molar-refractivity contribution in [2.45, 2.75) is 6.04 Å². The number of carbonyl (C=O) groups is 1. The average Bonchev–Trinajstić information content (AvgIpc) is 3.23. The summed E-state index contributed by atoms with van der Waals surface area (Å²) in [4.78, 5) is 18.9. The van der Waals surface area contributed by atoms with Crippen molar-refractivity contribution < 1.29 is 14.1 Å². The minimum atomic E-state index is -0.339. The Morgan fingerprint density at radius 3 is 2.79 bits per heavy atom. The predicted octanol–water partition coefficient (Wildman–Crippen LogP) is 2.94. The third-order valence-electron chi connectivity index (χ3n) is 4.50. The molecule has 1 amide bonds. The van der Waals surface area contributed by atoms with Crippen molar-refractivity contribution >= 4 is 17.5 Å². The molecule has 3 aromatic rings. The van der Waals surface area contributed by atoms with Crippen LogP contribution in [-0.4, -0.2) is 47.2 Å². The van der Waals surface area contributed by atoms with E-state index in [9.17, 15) is 4.79 Å². The van der Waals surface area contributed by atoms with E-state index >= 15 is 0 Å². The lowest BCUT2D eigenvalue weighted by Crippen LogP contribution is -2.50. The number of para-hydroxylation sites is 1. The van der Waals surface area contributed by atoms with E-state index < -0.39 is 0 Å². The molecule has 4 rings (SSSR count). The predicted molar refractivity (Wildman–Crippen MR) is 104 cm³/mol. The lowest BCUT2D eigenvalue weighted by Gasteiger charge is -2.33. The van der Waals surface area contributed by atoms with E-state index in [2.05, 4.69) is 15.5 Å². The lowest BCUT2D eigenvalue weighted by molar-refractivity contribution is -0.137. The Bertz CT molecular complexity index is 930. The topological polar surface area (TPSA) is 80.5 Å². The number of aromatic nitrogens is 2. The van der Waals surface area contributed by atoms with Gasteiger partial charge in [0.05, 0.1) is 0 Å². The highest BCUT2D eigenvalue weighted by atomic mass is 35.5. The Morgan fingerprint density at radius 1 is 1.21 bits per heavy atom. The first-order chi connectivity index (χ1) is 13.7. The van der Waals surface area contributed by atoms with Crippen molar-refractivity contribution in [1.29, 1.82) is 0 Å². The highest BCUT2D eigenvalue weighted by Gasteiger charge is 2.32. The maximum Gasteiger partial charge on any atom is 0.261 e. The standard InChI is InChI=1S/C20H19ClN4O3/c21-15-8-6-14(7-9-15)19-23-20(28-24-19)17-12-22-10-11-25(17)18(26)13-27-16-4-2-1-3-5-16/h1-9,17,22H,10-13H2. The van der Waals surface area contributed by atoms with Gasteiger partial charge in [-0.1, -0.05) is 35.0 Å². The van der Waals surface area contributed by atoms with Crippen LogP contribution in [0.25, 0.3) is 11.4 Å². The van der Waals surface area contributed by atoms with Crippen molar-refractivity contribution in [2.24, 2.45) is 0 Å². The second-order valence-corrected chi connectivity index (χ2v) is 6.81. The molecule has 0 saturated carbocycles. The lowest BCUT2D eigenvalue weighted by atomic mass is 10.2. The highest BCUT2D eigenvalue weighted by Crippen LogP contribution is 2.25. The average molecular weight is 399 g/mol. The fraction of sp³-hybridized carbons (Fsp3) is 0.250. The van der Waals surface area contributed by atoms with E-state index in [1.165, 1.54) is 0 Å². The fourth-order valence-corrected chi connectivity index (χ4v) is 3.18. The molecule has 1 unspecified atom stereocenters. The molecule has 1 fully saturated rings. The Hall–Kier alpha value is -2.90. The van der Waals surface area contributed by atoms with Crippen LogP contribution in [0.5, 0.6) is 5.75 Å². The number of rotatable bonds is 5. The van der Waals surface area contributed by atoms with Gasteiger partial charge < -0.3 is 19.5 Å². The van der Waals surface area contributed by atoms with Crippen LogP contribution in [-0.2, 0) is 4.79 Å². The van der Waals surface area contributed by atoms with Gasteiger partial charge >= 0.3 is 0 Å². The van der Waals surface area contributed by atoms with Crippen LogP contribution >= 0.6 is 11.6 Å². The molecular formula is C20H19ClN4O3. The van der Waals surface area contributed by atoms with E-state index in [1.807, 2.05) is 42.5 Å². The third kappa shape index (κ3) is 4.16. The Labute approximate surface area is 167 Å². The molecule has 1 N–H and O–H groups in total. The number of halogens is 1. The van der Waals surface area contributed by atoms with Gasteiger partial charge in [-0.2, -0.15) is 4.98 Å². The molecule has 0 aliphatic carbocycles. The number of nitrogens with one attached hydrogen (secondary N) is 1. The molecule has 0 spiro atoms. The summed E-state index contributed by atoms with van der Waals surface area (Å²) in [5, 5.41) is 7.96. The first-order valence-electron chi connectivity index (χ1n) is 8.98. The van der Waals surface area contributed by atoms with Crippen LogP contribution < -0.4 is 10.1 Å². The monoisotopic (exact) mass is 398 g/mol. The summed E-state index contributed by atoms with van der Waals surface area (Å²) >= 11 is 5.93. The van der Waals surface area contributed by atoms with E-state index in [0.717, 1.165) is 5.56 Å². The molecule has 1 aromatic heterocycles. The molecular weight excluding hydrogens is 380 g/mol. The van der Waals surface area contributed by atoms with Crippen LogP contribution in [0.1, 0.15) is 11.9 Å². The number of amides is 1. The number of carbonyl (C=O) groups excluding carboxylic acids is 1. The minimum Gasteiger partial charge on any atom is -0.484 e. The number of hydrogen-bond donors (Lipinski definition) is 1. The van der Waals surface area contributed by atoms with Crippen LogP contribution in [0, 0.1) is 0 Å². The van der Waals surface area contributed by atoms with Gasteiger partial charge in [-0.3, -0.25) is 4.79 Å². The zero-order chi connectivity index (χ0) is 19.3. The van der Waals surface area contributed by atoms with Crippen molar-refractivity contribution in [3.63, 3.8) is 0 Å². The maximum atomic E-state index is 12.7. The maximum absolute atomic E-state index is 12.7. The van der Waals surface area contributed by atoms with Gasteiger partial charge in [0.2, 0.25) is 5.82 Å². The molecule has 1 saturated heterocycles. The molecule has 8 heteroatoms. The van der Waals surface area contributed by atoms with Gasteiger partial charge in [0, 0.05) is 30.2 Å². The van der Waals surface area contributed by atoms with E-state index in [1.54, 1.807) is 17.0 Å². The summed E-state index contributed by atoms with van der Waals surface area (Å²) in [6, 6.07) is 16.1. The van der Waals surface area contributed by atoms with Crippen LogP contribution in [0.4, 0.5) is 0 Å². The Balaban J connectivity index is 1.47. The van der Waals surface area contributed by atoms with Gasteiger partial charge in [-0.05, 0) is 36.4 Å². The van der Waals surface area contributed by atoms with Crippen molar-refractivity contribution in [3.8, 4) is 17.1 Å². The van der Waals surface area contributed by atoms with Crippen LogP contribution in [0.15, 0.2) is 59.1 Å². The summed E-state index contributed by atoms with van der Waals surface area (Å²) < 4.78 is 11.1. The molecule has 0 radical (unpaired) electrons. The summed E-state index contributed by atoms with van der Waals surface area (Å²) in [6.45, 7) is 1.74. The molecule has 1 aliphatic heterocycles. The van der Waals surface area contributed by atoms with E-state index in [0.29, 0.717) is 42.1 Å². The molecule has 144 valence electrons. The van der Waals surface area contributed by atoms with E-state index in [-0.39, 0.29) is 18.6 Å². The number of ether oxygens (including phenoxy) is 1. The summed E-state index contributed by atoms with van der Waals surface area (Å²) in [5.41, 5.74) is 0.799. The zero-order valence-corrected chi connectivity index (χ0v) is 15.8. The quantitative estimate of drug-likeness (QED) is 0.711. The summed E-state index contributed by atoms with van der Waals surface area (Å²) in [6.07, 6.45) is 0. The second kappa shape index (κ2) is 8.41. The molecule has 0 bridgehead atoms. The second-order valence-electron chi connectivity index (χ2n) is 6.37. The summed E-state index contributed by atoms with van der Waals surface area (Å²) in [5.74, 6) is 1.39. The summed E-state index contributed by atoms with van der Waals surface area (Å²) in [7, 11) is 0. The molecule has 2 heterocycles. The first-order valence-corrected chi connectivity index (χ1v) is 9.36. The van der Waals surface area contributed by atoms with Gasteiger partial charge in [0.1, 0.15) is 11.8 Å². The number of hydrogen-bond acceptors (Lipinski definition) is 6. The minimum absolute atomic E-state index is 0.0430. The van der Waals surface area contributed by atoms with Crippen molar-refractivity contribution in [3.05, 3.63) is 65.5 Å². The SMILES string of the molecule is O=C(COc1ccccc1)N1CCNCC1c1nc(-c2ccc(Cl)cc2)no1.